The lowest BCUT2D eigenvalue weighted by molar-refractivity contribution is 0.126. The maximum atomic E-state index is 9.89. The fraction of sp³-hybridized carbons (Fsp3) is 0.706. The molecular formula is C17H27N3O. The first kappa shape index (κ1) is 14.8. The van der Waals surface area contributed by atoms with Gasteiger partial charge >= 0.3 is 0 Å². The molecule has 116 valence electrons. The Hall–Kier alpha value is -1.13. The van der Waals surface area contributed by atoms with Crippen LogP contribution < -0.4 is 10.2 Å². The molecule has 2 aliphatic rings. The lowest BCUT2D eigenvalue weighted by Gasteiger charge is -2.38. The van der Waals surface area contributed by atoms with Crippen LogP contribution in [0.1, 0.15) is 52.0 Å². The van der Waals surface area contributed by atoms with Gasteiger partial charge < -0.3 is 15.3 Å². The molecule has 2 unspecified atom stereocenters. The van der Waals surface area contributed by atoms with E-state index in [0.29, 0.717) is 12.1 Å². The lowest BCUT2D eigenvalue weighted by Crippen LogP contribution is -2.45. The van der Waals surface area contributed by atoms with Crippen LogP contribution in [-0.2, 0) is 6.54 Å². The molecule has 0 aliphatic carbocycles. The number of aliphatic hydroxyl groups is 1. The average molecular weight is 289 g/mol. The number of pyridine rings is 1. The Morgan fingerprint density at radius 1 is 1.24 bits per heavy atom. The van der Waals surface area contributed by atoms with Gasteiger partial charge in [-0.25, -0.2) is 4.98 Å². The molecule has 0 spiro atoms. The number of rotatable bonds is 3. The zero-order chi connectivity index (χ0) is 15.0. The summed E-state index contributed by atoms with van der Waals surface area (Å²) in [5, 5.41) is 13.4. The number of aliphatic hydroxyl groups excluding tert-OH is 1. The second-order valence-corrected chi connectivity index (χ2v) is 7.55. The summed E-state index contributed by atoms with van der Waals surface area (Å²) < 4.78 is 0. The van der Waals surface area contributed by atoms with Gasteiger partial charge in [0.25, 0.3) is 0 Å². The van der Waals surface area contributed by atoms with E-state index in [-0.39, 0.29) is 11.6 Å². The van der Waals surface area contributed by atoms with E-state index in [1.54, 1.807) is 0 Å². The van der Waals surface area contributed by atoms with E-state index < -0.39 is 0 Å². The molecule has 3 rings (SSSR count). The number of fused-ring (bicyclic) bond motifs is 2. The molecule has 4 heteroatoms. The molecule has 1 aromatic heterocycles. The maximum Gasteiger partial charge on any atom is 0.128 e. The van der Waals surface area contributed by atoms with E-state index in [4.69, 9.17) is 0 Å². The third-order valence-corrected chi connectivity index (χ3v) is 4.60. The van der Waals surface area contributed by atoms with E-state index in [1.807, 2.05) is 6.20 Å². The van der Waals surface area contributed by atoms with E-state index >= 15 is 0 Å². The highest BCUT2D eigenvalue weighted by Crippen LogP contribution is 2.38. The first-order chi connectivity index (χ1) is 9.92. The third-order valence-electron chi connectivity index (χ3n) is 4.60. The van der Waals surface area contributed by atoms with Crippen molar-refractivity contribution >= 4 is 5.82 Å². The van der Waals surface area contributed by atoms with Crippen molar-refractivity contribution in [2.45, 2.75) is 76.7 Å². The maximum absolute atomic E-state index is 9.89. The van der Waals surface area contributed by atoms with Crippen molar-refractivity contribution in [1.29, 1.82) is 0 Å². The predicted molar refractivity (Wildman–Crippen MR) is 85.4 cm³/mol. The molecule has 2 bridgehead atoms. The molecule has 2 saturated heterocycles. The Morgan fingerprint density at radius 3 is 2.43 bits per heavy atom. The molecule has 2 fully saturated rings. The van der Waals surface area contributed by atoms with E-state index in [1.165, 1.54) is 18.4 Å². The van der Waals surface area contributed by atoms with Gasteiger partial charge in [0.05, 0.1) is 6.10 Å². The van der Waals surface area contributed by atoms with Crippen LogP contribution in [0.15, 0.2) is 18.3 Å². The molecule has 0 amide bonds. The van der Waals surface area contributed by atoms with Gasteiger partial charge in [-0.3, -0.25) is 0 Å². The average Bonchev–Trinajstić information content (AvgIpc) is 2.68. The van der Waals surface area contributed by atoms with Crippen LogP contribution in [0.3, 0.4) is 0 Å². The fourth-order valence-electron chi connectivity index (χ4n) is 3.56. The van der Waals surface area contributed by atoms with Gasteiger partial charge in [0.1, 0.15) is 5.82 Å². The molecule has 0 aromatic carbocycles. The monoisotopic (exact) mass is 289 g/mol. The molecule has 0 radical (unpaired) electrons. The highest BCUT2D eigenvalue weighted by atomic mass is 16.3. The molecule has 2 aliphatic heterocycles. The molecule has 21 heavy (non-hydrogen) atoms. The molecule has 1 aromatic rings. The Balaban J connectivity index is 1.67. The summed E-state index contributed by atoms with van der Waals surface area (Å²) in [6.07, 6.45) is 6.04. The zero-order valence-electron chi connectivity index (χ0n) is 13.3. The van der Waals surface area contributed by atoms with Crippen LogP contribution in [0, 0.1) is 0 Å². The van der Waals surface area contributed by atoms with Crippen molar-refractivity contribution in [3.8, 4) is 0 Å². The summed E-state index contributed by atoms with van der Waals surface area (Å²) in [7, 11) is 0. The van der Waals surface area contributed by atoms with Gasteiger partial charge in [0.15, 0.2) is 0 Å². The number of anilines is 1. The number of nitrogens with one attached hydrogen (secondary N) is 1. The lowest BCUT2D eigenvalue weighted by atomic mass is 10.00. The van der Waals surface area contributed by atoms with E-state index in [0.717, 1.165) is 25.2 Å². The Labute approximate surface area is 127 Å². The normalized spacial score (nSPS) is 29.0. The minimum absolute atomic E-state index is 0.117. The first-order valence-electron chi connectivity index (χ1n) is 8.09. The highest BCUT2D eigenvalue weighted by Gasteiger charge is 2.40. The molecule has 2 N–H and O–H groups in total. The van der Waals surface area contributed by atoms with Crippen LogP contribution >= 0.6 is 0 Å². The van der Waals surface area contributed by atoms with Crippen molar-refractivity contribution in [1.82, 2.24) is 10.3 Å². The minimum atomic E-state index is -0.117. The van der Waals surface area contributed by atoms with Gasteiger partial charge in [-0.05, 0) is 58.1 Å². The topological polar surface area (TPSA) is 48.4 Å². The van der Waals surface area contributed by atoms with Gasteiger partial charge in [-0.2, -0.15) is 0 Å². The van der Waals surface area contributed by atoms with Gasteiger partial charge in [0.2, 0.25) is 0 Å². The van der Waals surface area contributed by atoms with Crippen molar-refractivity contribution in [2.24, 2.45) is 0 Å². The van der Waals surface area contributed by atoms with Crippen molar-refractivity contribution in [3.05, 3.63) is 23.9 Å². The van der Waals surface area contributed by atoms with Crippen LogP contribution in [0.25, 0.3) is 0 Å². The Bertz CT molecular complexity index is 466. The summed E-state index contributed by atoms with van der Waals surface area (Å²) in [5.41, 5.74) is 1.35. The number of hydrogen-bond acceptors (Lipinski definition) is 4. The summed E-state index contributed by atoms with van der Waals surface area (Å²) in [6.45, 7) is 7.37. The van der Waals surface area contributed by atoms with Gasteiger partial charge in [-0.1, -0.05) is 6.07 Å². The molecule has 2 atom stereocenters. The largest absolute Gasteiger partial charge is 0.393 e. The Morgan fingerprint density at radius 2 is 1.90 bits per heavy atom. The van der Waals surface area contributed by atoms with Crippen LogP contribution in [0.2, 0.25) is 0 Å². The summed E-state index contributed by atoms with van der Waals surface area (Å²) in [6, 6.07) is 5.27. The second kappa shape index (κ2) is 5.58. The fourth-order valence-corrected chi connectivity index (χ4v) is 3.56. The zero-order valence-corrected chi connectivity index (χ0v) is 13.3. The van der Waals surface area contributed by atoms with Crippen molar-refractivity contribution in [2.75, 3.05) is 4.90 Å². The minimum Gasteiger partial charge on any atom is -0.393 e. The standard InChI is InChI=1S/C17H27N3O/c1-17(2,3)19-11-12-4-7-16(18-10-12)20-13-5-6-14(20)9-15(21)8-13/h4,7,10,13-15,19,21H,5-6,8-9,11H2,1-3H3. The predicted octanol–water partition coefficient (Wildman–Crippen LogP) is 2.46. The quantitative estimate of drug-likeness (QED) is 0.897. The highest BCUT2D eigenvalue weighted by molar-refractivity contribution is 5.44. The van der Waals surface area contributed by atoms with E-state index in [9.17, 15) is 5.11 Å². The van der Waals surface area contributed by atoms with Gasteiger partial charge in [-0.15, -0.1) is 0 Å². The van der Waals surface area contributed by atoms with E-state index in [2.05, 4.69) is 48.1 Å². The molecular weight excluding hydrogens is 262 g/mol. The third kappa shape index (κ3) is 3.38. The smallest absolute Gasteiger partial charge is 0.128 e. The van der Waals surface area contributed by atoms with Crippen molar-refractivity contribution in [3.63, 3.8) is 0 Å². The summed E-state index contributed by atoms with van der Waals surface area (Å²) >= 11 is 0. The Kier molecular flexibility index (Phi) is 3.93. The van der Waals surface area contributed by atoms with Crippen LogP contribution in [-0.4, -0.2) is 33.8 Å². The van der Waals surface area contributed by atoms with Crippen LogP contribution in [0.4, 0.5) is 5.82 Å². The SMILES string of the molecule is CC(C)(C)NCc1ccc(N2C3CCC2CC(O)C3)nc1. The van der Waals surface area contributed by atoms with Crippen molar-refractivity contribution < 1.29 is 5.11 Å². The van der Waals surface area contributed by atoms with Gasteiger partial charge in [0, 0.05) is 30.4 Å². The molecule has 4 nitrogen and oxygen atoms in total. The number of nitrogens with zero attached hydrogens (tertiary/aromatic N) is 2. The molecule has 3 heterocycles. The number of aromatic nitrogens is 1. The molecule has 0 saturated carbocycles. The second-order valence-electron chi connectivity index (χ2n) is 7.55. The number of hydrogen-bond donors (Lipinski definition) is 2. The first-order valence-corrected chi connectivity index (χ1v) is 8.09. The summed E-state index contributed by atoms with van der Waals surface area (Å²) in [5.74, 6) is 1.08. The number of piperidine rings is 1. The van der Waals surface area contributed by atoms with Crippen LogP contribution in [0.5, 0.6) is 0 Å². The summed E-state index contributed by atoms with van der Waals surface area (Å²) in [4.78, 5) is 7.11.